The Hall–Kier alpha value is -2.93. The van der Waals surface area contributed by atoms with Crippen molar-refractivity contribution in [1.29, 1.82) is 0 Å². The van der Waals surface area contributed by atoms with E-state index >= 15 is 0 Å². The predicted molar refractivity (Wildman–Crippen MR) is 94.3 cm³/mol. The molecule has 0 unspecified atom stereocenters. The number of hydrogen-bond acceptors (Lipinski definition) is 5. The number of nitrogens with one attached hydrogen (secondary N) is 1. The highest BCUT2D eigenvalue weighted by Crippen LogP contribution is 2.49. The molecule has 0 amide bonds. The quantitative estimate of drug-likeness (QED) is 0.640. The fourth-order valence-electron chi connectivity index (χ4n) is 3.94. The Kier molecular flexibility index (Phi) is 4.08. The molecular weight excluding hydrogens is 336 g/mol. The van der Waals surface area contributed by atoms with E-state index in [9.17, 15) is 20.0 Å². The molecule has 2 N–H and O–H groups in total. The van der Waals surface area contributed by atoms with Crippen molar-refractivity contribution in [2.45, 2.75) is 25.0 Å². The molecule has 4 rings (SSSR count). The molecule has 26 heavy (non-hydrogen) atoms. The van der Waals surface area contributed by atoms with Crippen LogP contribution < -0.4 is 5.32 Å². The Bertz CT molecular complexity index is 865. The summed E-state index contributed by atoms with van der Waals surface area (Å²) in [6.45, 7) is 0.644. The maximum Gasteiger partial charge on any atom is 0.335 e. The number of nitro benzene ring substituents is 1. The second-order valence-corrected chi connectivity index (χ2v) is 6.68. The minimum atomic E-state index is -0.961. The average Bonchev–Trinajstić information content (AvgIpc) is 2.67. The van der Waals surface area contributed by atoms with Gasteiger partial charge in [-0.05, 0) is 36.6 Å². The van der Waals surface area contributed by atoms with Crippen molar-refractivity contribution in [2.75, 3.05) is 11.9 Å². The van der Waals surface area contributed by atoms with Crippen LogP contribution in [0.4, 0.5) is 11.4 Å². The van der Waals surface area contributed by atoms with Crippen LogP contribution in [0.5, 0.6) is 0 Å². The van der Waals surface area contributed by atoms with Gasteiger partial charge in [0.25, 0.3) is 5.69 Å². The number of carbonyl (C=O) groups is 1. The molecule has 0 saturated carbocycles. The Balaban J connectivity index is 1.73. The molecule has 2 aromatic rings. The Morgan fingerprint density at radius 3 is 2.69 bits per heavy atom. The van der Waals surface area contributed by atoms with Crippen molar-refractivity contribution in [3.63, 3.8) is 0 Å². The maximum absolute atomic E-state index is 11.3. The second-order valence-electron chi connectivity index (χ2n) is 6.68. The van der Waals surface area contributed by atoms with E-state index in [1.165, 1.54) is 12.1 Å². The van der Waals surface area contributed by atoms with E-state index in [0.717, 1.165) is 29.7 Å². The summed E-state index contributed by atoms with van der Waals surface area (Å²) >= 11 is 0. The van der Waals surface area contributed by atoms with Gasteiger partial charge in [-0.1, -0.05) is 12.1 Å². The first-order valence-electron chi connectivity index (χ1n) is 8.54. The molecule has 134 valence electrons. The van der Waals surface area contributed by atoms with Gasteiger partial charge in [-0.25, -0.2) is 4.79 Å². The lowest BCUT2D eigenvalue weighted by molar-refractivity contribution is -0.384. The van der Waals surface area contributed by atoms with E-state index in [0.29, 0.717) is 6.61 Å². The van der Waals surface area contributed by atoms with Crippen LogP contribution in [0.25, 0.3) is 0 Å². The monoisotopic (exact) mass is 354 g/mol. The number of nitro groups is 1. The van der Waals surface area contributed by atoms with E-state index in [2.05, 4.69) is 5.32 Å². The average molecular weight is 354 g/mol. The van der Waals surface area contributed by atoms with Crippen LogP contribution in [0.1, 0.15) is 46.5 Å². The summed E-state index contributed by atoms with van der Waals surface area (Å²) in [7, 11) is 0. The molecule has 2 aliphatic heterocycles. The number of carboxylic acid groups (broad SMARTS) is 1. The summed E-state index contributed by atoms with van der Waals surface area (Å²) in [5.41, 5.74) is 2.98. The SMILES string of the molecule is O=C(O)c1ccc2c(c1)[C@H]1OCCC[C@H]1[C@H](c1ccc([N+](=O)[O-])cc1)N2. The van der Waals surface area contributed by atoms with Crippen LogP contribution in [-0.2, 0) is 4.74 Å². The Morgan fingerprint density at radius 2 is 2.00 bits per heavy atom. The highest BCUT2D eigenvalue weighted by atomic mass is 16.6. The van der Waals surface area contributed by atoms with Crippen molar-refractivity contribution in [2.24, 2.45) is 5.92 Å². The van der Waals surface area contributed by atoms with Crippen LogP contribution in [0, 0.1) is 16.0 Å². The van der Waals surface area contributed by atoms with Crippen LogP contribution >= 0.6 is 0 Å². The van der Waals surface area contributed by atoms with Gasteiger partial charge in [-0.3, -0.25) is 10.1 Å². The zero-order valence-electron chi connectivity index (χ0n) is 13.9. The number of ether oxygens (including phenoxy) is 1. The van der Waals surface area contributed by atoms with Gasteiger partial charge < -0.3 is 15.2 Å². The minimum Gasteiger partial charge on any atom is -0.478 e. The lowest BCUT2D eigenvalue weighted by Gasteiger charge is -2.43. The predicted octanol–water partition coefficient (Wildman–Crippen LogP) is 3.93. The third kappa shape index (κ3) is 2.80. The first-order chi connectivity index (χ1) is 12.5. The van der Waals surface area contributed by atoms with Crippen molar-refractivity contribution >= 4 is 17.3 Å². The Labute approximate surface area is 149 Å². The van der Waals surface area contributed by atoms with Gasteiger partial charge in [-0.2, -0.15) is 0 Å². The van der Waals surface area contributed by atoms with Gasteiger partial charge in [-0.15, -0.1) is 0 Å². The van der Waals surface area contributed by atoms with Gasteiger partial charge in [0.2, 0.25) is 0 Å². The topological polar surface area (TPSA) is 102 Å². The number of rotatable bonds is 3. The highest BCUT2D eigenvalue weighted by Gasteiger charge is 2.40. The molecule has 0 aromatic heterocycles. The number of aromatic carboxylic acids is 1. The zero-order valence-corrected chi connectivity index (χ0v) is 13.9. The van der Waals surface area contributed by atoms with E-state index < -0.39 is 10.9 Å². The number of carboxylic acids is 1. The summed E-state index contributed by atoms with van der Waals surface area (Å²) < 4.78 is 6.02. The standard InChI is InChI=1S/C19H18N2O5/c22-19(23)12-5-8-16-15(10-12)18-14(2-1-9-26-18)17(20-16)11-3-6-13(7-4-11)21(24)25/h3-8,10,14,17-18,20H,1-2,9H2,(H,22,23)/t14-,17-,18-/m0/s1. The van der Waals surface area contributed by atoms with Crippen LogP contribution in [0.3, 0.4) is 0 Å². The second kappa shape index (κ2) is 6.42. The number of benzene rings is 2. The zero-order chi connectivity index (χ0) is 18.3. The van der Waals surface area contributed by atoms with Gasteiger partial charge in [0, 0.05) is 35.9 Å². The van der Waals surface area contributed by atoms with Crippen LogP contribution in [-0.4, -0.2) is 22.6 Å². The van der Waals surface area contributed by atoms with Crippen molar-refractivity contribution in [3.8, 4) is 0 Å². The third-order valence-corrected chi connectivity index (χ3v) is 5.18. The fraction of sp³-hybridized carbons (Fsp3) is 0.316. The highest BCUT2D eigenvalue weighted by molar-refractivity contribution is 5.88. The molecule has 7 nitrogen and oxygen atoms in total. The number of non-ortho nitro benzene ring substituents is 1. The summed E-state index contributed by atoms with van der Waals surface area (Å²) in [6, 6.07) is 11.6. The molecule has 0 aliphatic carbocycles. The number of anilines is 1. The lowest BCUT2D eigenvalue weighted by Crippen LogP contribution is -2.36. The van der Waals surface area contributed by atoms with Gasteiger partial charge >= 0.3 is 5.97 Å². The van der Waals surface area contributed by atoms with Crippen LogP contribution in [0.2, 0.25) is 0 Å². The molecule has 0 radical (unpaired) electrons. The van der Waals surface area contributed by atoms with Crippen LogP contribution in [0.15, 0.2) is 42.5 Å². The van der Waals surface area contributed by atoms with Crippen molar-refractivity contribution in [3.05, 3.63) is 69.3 Å². The first kappa shape index (κ1) is 16.5. The molecule has 1 saturated heterocycles. The smallest absolute Gasteiger partial charge is 0.335 e. The molecule has 1 fully saturated rings. The van der Waals surface area contributed by atoms with Crippen molar-refractivity contribution in [1.82, 2.24) is 0 Å². The normalized spacial score (nSPS) is 24.1. The molecule has 2 heterocycles. The van der Waals surface area contributed by atoms with Gasteiger partial charge in [0.1, 0.15) is 0 Å². The molecule has 3 atom stereocenters. The number of hydrogen-bond donors (Lipinski definition) is 2. The minimum absolute atomic E-state index is 0.0377. The van der Waals surface area contributed by atoms with Crippen molar-refractivity contribution < 1.29 is 19.6 Å². The number of nitrogens with zero attached hydrogens (tertiary/aromatic N) is 1. The summed E-state index contributed by atoms with van der Waals surface area (Å²) in [5, 5.41) is 23.6. The molecular formula is C19H18N2O5. The molecule has 2 aliphatic rings. The molecule has 7 heteroatoms. The third-order valence-electron chi connectivity index (χ3n) is 5.18. The summed E-state index contributed by atoms with van der Waals surface area (Å²) in [4.78, 5) is 21.8. The molecule has 2 aromatic carbocycles. The van der Waals surface area contributed by atoms with E-state index in [-0.39, 0.29) is 29.3 Å². The summed E-state index contributed by atoms with van der Waals surface area (Å²) in [6.07, 6.45) is 1.69. The van der Waals surface area contributed by atoms with E-state index in [1.54, 1.807) is 30.3 Å². The molecule has 0 bridgehead atoms. The Morgan fingerprint density at radius 1 is 1.23 bits per heavy atom. The fourth-order valence-corrected chi connectivity index (χ4v) is 3.94. The summed E-state index contributed by atoms with van der Waals surface area (Å²) in [5.74, 6) is -0.820. The lowest BCUT2D eigenvalue weighted by atomic mass is 9.77. The largest absolute Gasteiger partial charge is 0.478 e. The van der Waals surface area contributed by atoms with E-state index in [1.807, 2.05) is 0 Å². The number of fused-ring (bicyclic) bond motifs is 3. The van der Waals surface area contributed by atoms with Gasteiger partial charge in [0.15, 0.2) is 0 Å². The first-order valence-corrected chi connectivity index (χ1v) is 8.54. The van der Waals surface area contributed by atoms with E-state index in [4.69, 9.17) is 4.74 Å². The maximum atomic E-state index is 11.3. The molecule has 0 spiro atoms. The van der Waals surface area contributed by atoms with Gasteiger partial charge in [0.05, 0.1) is 22.6 Å².